The van der Waals surface area contributed by atoms with Crippen molar-refractivity contribution in [1.82, 2.24) is 10.2 Å². The van der Waals surface area contributed by atoms with E-state index in [9.17, 15) is 4.79 Å². The number of nitrogens with zero attached hydrogens (tertiary/aromatic N) is 2. The van der Waals surface area contributed by atoms with E-state index in [-0.39, 0.29) is 19.1 Å². The van der Waals surface area contributed by atoms with Gasteiger partial charge in [-0.2, -0.15) is 0 Å². The Labute approximate surface area is 159 Å². The highest BCUT2D eigenvalue weighted by Crippen LogP contribution is 2.19. The van der Waals surface area contributed by atoms with Crippen molar-refractivity contribution in [2.45, 2.75) is 13.5 Å². The Morgan fingerprint density at radius 2 is 1.92 bits per heavy atom. The van der Waals surface area contributed by atoms with E-state index in [1.807, 2.05) is 31.2 Å². The highest BCUT2D eigenvalue weighted by atomic mass is 35.5. The Morgan fingerprint density at radius 1 is 1.12 bits per heavy atom. The maximum Gasteiger partial charge on any atom is 0.264 e. The van der Waals surface area contributed by atoms with Crippen molar-refractivity contribution in [3.8, 4) is 11.5 Å². The normalized spacial score (nSPS) is 10.4. The fraction of sp³-hybridized carbons (Fsp3) is 0.167. The summed E-state index contributed by atoms with van der Waals surface area (Å²) in [5, 5.41) is 12.3. The molecule has 134 valence electrons. The molecule has 0 saturated carbocycles. The van der Waals surface area contributed by atoms with Gasteiger partial charge in [-0.1, -0.05) is 35.1 Å². The molecule has 26 heavy (non-hydrogen) atoms. The quantitative estimate of drug-likeness (QED) is 0.658. The first kappa shape index (κ1) is 18.2. The van der Waals surface area contributed by atoms with E-state index in [1.165, 1.54) is 11.3 Å². The fourth-order valence-electron chi connectivity index (χ4n) is 2.05. The second-order valence-corrected chi connectivity index (χ2v) is 6.90. The molecule has 0 fully saturated rings. The molecule has 0 bridgehead atoms. The molecule has 1 N–H and O–H groups in total. The lowest BCUT2D eigenvalue weighted by Gasteiger charge is -2.05. The summed E-state index contributed by atoms with van der Waals surface area (Å²) in [6.45, 7) is 2.16. The zero-order valence-electron chi connectivity index (χ0n) is 13.9. The number of hydrogen-bond acceptors (Lipinski definition) is 6. The van der Waals surface area contributed by atoms with Crippen LogP contribution in [0.15, 0.2) is 48.5 Å². The van der Waals surface area contributed by atoms with Crippen LogP contribution in [0.25, 0.3) is 0 Å². The summed E-state index contributed by atoms with van der Waals surface area (Å²) >= 11 is 7.05. The van der Waals surface area contributed by atoms with Gasteiger partial charge in [0.2, 0.25) is 5.13 Å². The third kappa shape index (κ3) is 5.44. The number of rotatable bonds is 7. The first-order chi connectivity index (χ1) is 12.6. The minimum Gasteiger partial charge on any atom is -0.486 e. The molecule has 0 unspecified atom stereocenters. The fourth-order valence-corrected chi connectivity index (χ4v) is 2.84. The Morgan fingerprint density at radius 3 is 2.69 bits per heavy atom. The van der Waals surface area contributed by atoms with Crippen molar-refractivity contribution in [3.05, 3.63) is 64.1 Å². The maximum atomic E-state index is 11.9. The third-order valence-corrected chi connectivity index (χ3v) is 4.31. The molecule has 2 aromatic carbocycles. The lowest BCUT2D eigenvalue weighted by Crippen LogP contribution is -2.20. The van der Waals surface area contributed by atoms with E-state index in [0.717, 1.165) is 11.3 Å². The van der Waals surface area contributed by atoms with Crippen LogP contribution in [-0.2, 0) is 11.4 Å². The number of carbonyl (C=O) groups excluding carboxylic acids is 1. The van der Waals surface area contributed by atoms with Crippen LogP contribution in [0.2, 0.25) is 5.02 Å². The molecule has 0 radical (unpaired) electrons. The number of halogens is 1. The number of ether oxygens (including phenoxy) is 2. The van der Waals surface area contributed by atoms with Gasteiger partial charge in [0.05, 0.1) is 0 Å². The molecule has 0 aliphatic rings. The number of amides is 1. The molecular weight excluding hydrogens is 374 g/mol. The molecule has 0 saturated heterocycles. The van der Waals surface area contributed by atoms with E-state index in [2.05, 4.69) is 15.5 Å². The van der Waals surface area contributed by atoms with Gasteiger partial charge in [-0.15, -0.1) is 10.2 Å². The molecule has 6 nitrogen and oxygen atoms in total. The minimum atomic E-state index is -0.317. The summed E-state index contributed by atoms with van der Waals surface area (Å²) in [6.07, 6.45) is 0. The Kier molecular flexibility index (Phi) is 6.04. The molecule has 3 rings (SSSR count). The largest absolute Gasteiger partial charge is 0.486 e. The topological polar surface area (TPSA) is 73.3 Å². The molecule has 1 amide bonds. The minimum absolute atomic E-state index is 0.129. The van der Waals surface area contributed by atoms with Crippen LogP contribution >= 0.6 is 22.9 Å². The smallest absolute Gasteiger partial charge is 0.264 e. The standard InChI is InChI=1S/C18H16ClN3O3S/c1-12-3-2-4-15(9-12)25-11-17-21-22-18(26-17)20-16(23)10-24-14-7-5-13(19)6-8-14/h2-9H,10-11H2,1H3,(H,20,22,23). The van der Waals surface area contributed by atoms with Gasteiger partial charge in [0.15, 0.2) is 11.6 Å². The third-order valence-electron chi connectivity index (χ3n) is 3.25. The molecule has 0 aliphatic carbocycles. The first-order valence-electron chi connectivity index (χ1n) is 7.78. The summed E-state index contributed by atoms with van der Waals surface area (Å²) in [6, 6.07) is 14.5. The lowest BCUT2D eigenvalue weighted by atomic mass is 10.2. The SMILES string of the molecule is Cc1cccc(OCc2nnc(NC(=O)COc3ccc(Cl)cc3)s2)c1. The van der Waals surface area contributed by atoms with Gasteiger partial charge >= 0.3 is 0 Å². The van der Waals surface area contributed by atoms with Gasteiger partial charge in [0.25, 0.3) is 5.91 Å². The number of hydrogen-bond donors (Lipinski definition) is 1. The lowest BCUT2D eigenvalue weighted by molar-refractivity contribution is -0.118. The molecule has 1 heterocycles. The molecule has 1 aromatic heterocycles. The van der Waals surface area contributed by atoms with Crippen LogP contribution in [0.4, 0.5) is 5.13 Å². The zero-order valence-corrected chi connectivity index (χ0v) is 15.5. The van der Waals surface area contributed by atoms with Gasteiger partial charge in [-0.25, -0.2) is 0 Å². The van der Waals surface area contributed by atoms with Crippen molar-refractivity contribution in [3.63, 3.8) is 0 Å². The van der Waals surface area contributed by atoms with Gasteiger partial charge in [-0.3, -0.25) is 10.1 Å². The predicted molar refractivity (Wildman–Crippen MR) is 101 cm³/mol. The van der Waals surface area contributed by atoms with Crippen LogP contribution in [0.1, 0.15) is 10.6 Å². The Bertz CT molecular complexity index is 883. The number of benzene rings is 2. The van der Waals surface area contributed by atoms with Crippen LogP contribution in [0, 0.1) is 6.92 Å². The van der Waals surface area contributed by atoms with Crippen molar-refractivity contribution in [1.29, 1.82) is 0 Å². The monoisotopic (exact) mass is 389 g/mol. The maximum absolute atomic E-state index is 11.9. The summed E-state index contributed by atoms with van der Waals surface area (Å²) in [7, 11) is 0. The van der Waals surface area contributed by atoms with E-state index in [4.69, 9.17) is 21.1 Å². The highest BCUT2D eigenvalue weighted by Gasteiger charge is 2.09. The number of carbonyl (C=O) groups is 1. The summed E-state index contributed by atoms with van der Waals surface area (Å²) in [5.74, 6) is 1.01. The van der Waals surface area contributed by atoms with Crippen molar-refractivity contribution < 1.29 is 14.3 Å². The summed E-state index contributed by atoms with van der Waals surface area (Å²) < 4.78 is 11.0. The predicted octanol–water partition coefficient (Wildman–Crippen LogP) is 4.10. The number of aryl methyl sites for hydroxylation is 1. The molecular formula is C18H16ClN3O3S. The van der Waals surface area contributed by atoms with E-state index >= 15 is 0 Å². The van der Waals surface area contributed by atoms with Crippen LogP contribution in [-0.4, -0.2) is 22.7 Å². The van der Waals surface area contributed by atoms with Gasteiger partial charge in [0, 0.05) is 5.02 Å². The van der Waals surface area contributed by atoms with Crippen molar-refractivity contribution in [2.75, 3.05) is 11.9 Å². The molecule has 3 aromatic rings. The van der Waals surface area contributed by atoms with E-state index < -0.39 is 0 Å². The van der Waals surface area contributed by atoms with Crippen LogP contribution in [0.3, 0.4) is 0 Å². The average molecular weight is 390 g/mol. The summed E-state index contributed by atoms with van der Waals surface area (Å²) in [4.78, 5) is 11.9. The van der Waals surface area contributed by atoms with Gasteiger partial charge in [0.1, 0.15) is 18.1 Å². The Hall–Kier alpha value is -2.64. The van der Waals surface area contributed by atoms with Gasteiger partial charge in [-0.05, 0) is 48.9 Å². The Balaban J connectivity index is 1.46. The molecule has 0 atom stereocenters. The number of nitrogens with one attached hydrogen (secondary N) is 1. The summed E-state index contributed by atoms with van der Waals surface area (Å²) in [5.41, 5.74) is 1.12. The average Bonchev–Trinajstić information content (AvgIpc) is 3.07. The van der Waals surface area contributed by atoms with Crippen molar-refractivity contribution in [2.24, 2.45) is 0 Å². The zero-order chi connectivity index (χ0) is 18.4. The van der Waals surface area contributed by atoms with Crippen LogP contribution < -0.4 is 14.8 Å². The number of anilines is 1. The van der Waals surface area contributed by atoms with Gasteiger partial charge < -0.3 is 9.47 Å². The second kappa shape index (κ2) is 8.64. The highest BCUT2D eigenvalue weighted by molar-refractivity contribution is 7.15. The second-order valence-electron chi connectivity index (χ2n) is 5.40. The van der Waals surface area contributed by atoms with Crippen LogP contribution in [0.5, 0.6) is 11.5 Å². The molecule has 8 heteroatoms. The first-order valence-corrected chi connectivity index (χ1v) is 8.98. The van der Waals surface area contributed by atoms with E-state index in [0.29, 0.717) is 20.9 Å². The van der Waals surface area contributed by atoms with E-state index in [1.54, 1.807) is 24.3 Å². The van der Waals surface area contributed by atoms with Crippen molar-refractivity contribution >= 4 is 34.0 Å². The molecule has 0 aliphatic heterocycles. The molecule has 0 spiro atoms. The number of aromatic nitrogens is 2.